The third kappa shape index (κ3) is 6.26. The fraction of sp³-hybridized carbons (Fsp3) is 0.238. The summed E-state index contributed by atoms with van der Waals surface area (Å²) in [5, 5.41) is 13.4. The van der Waals surface area contributed by atoms with Crippen molar-refractivity contribution in [1.29, 1.82) is 0 Å². The first-order chi connectivity index (χ1) is 15.6. The van der Waals surface area contributed by atoms with E-state index in [1.54, 1.807) is 38.1 Å². The van der Waals surface area contributed by atoms with Crippen LogP contribution in [0.15, 0.2) is 53.7 Å². The third-order valence-corrected chi connectivity index (χ3v) is 5.44. The summed E-state index contributed by atoms with van der Waals surface area (Å²) >= 11 is 7.20. The highest BCUT2D eigenvalue weighted by Gasteiger charge is 2.31. The predicted octanol–water partition coefficient (Wildman–Crippen LogP) is 4.93. The second kappa shape index (κ2) is 10.3. The average molecular weight is 498 g/mol. The van der Waals surface area contributed by atoms with Crippen LogP contribution < -0.4 is 10.6 Å². The standard InChI is InChI=1S/C21H19ClF3N5O2S/c1-12(2)26-19(32)27-17(31)11-33-20-29-28-18(15-8-3-4-9-16(15)22)30(20)14-7-5-6-13(10-14)21(23,24)25/h3-10,12H,11H2,1-2H3,(H2,26,27,31,32). The van der Waals surface area contributed by atoms with E-state index in [4.69, 9.17) is 11.6 Å². The molecule has 0 unspecified atom stereocenters. The van der Waals surface area contributed by atoms with Gasteiger partial charge in [0.25, 0.3) is 0 Å². The SMILES string of the molecule is CC(C)NC(=O)NC(=O)CSc1nnc(-c2ccccc2Cl)n1-c1cccc(C(F)(F)F)c1. The zero-order valence-electron chi connectivity index (χ0n) is 17.5. The molecule has 1 heterocycles. The van der Waals surface area contributed by atoms with Crippen LogP contribution in [-0.2, 0) is 11.0 Å². The van der Waals surface area contributed by atoms with E-state index in [2.05, 4.69) is 20.8 Å². The minimum absolute atomic E-state index is 0.144. The smallest absolute Gasteiger partial charge is 0.336 e. The molecule has 2 aromatic carbocycles. The number of halogens is 4. The van der Waals surface area contributed by atoms with E-state index in [0.29, 0.717) is 10.6 Å². The highest BCUT2D eigenvalue weighted by molar-refractivity contribution is 7.99. The van der Waals surface area contributed by atoms with Gasteiger partial charge >= 0.3 is 12.2 Å². The van der Waals surface area contributed by atoms with Crippen molar-refractivity contribution in [3.05, 3.63) is 59.1 Å². The van der Waals surface area contributed by atoms with E-state index in [9.17, 15) is 22.8 Å². The average Bonchev–Trinajstić information content (AvgIpc) is 3.15. The van der Waals surface area contributed by atoms with Crippen molar-refractivity contribution < 1.29 is 22.8 Å². The van der Waals surface area contributed by atoms with Crippen LogP contribution in [0.5, 0.6) is 0 Å². The maximum atomic E-state index is 13.3. The van der Waals surface area contributed by atoms with Gasteiger partial charge in [-0.25, -0.2) is 4.79 Å². The fourth-order valence-electron chi connectivity index (χ4n) is 2.83. The number of carbonyl (C=O) groups excluding carboxylic acids is 2. The number of rotatable bonds is 6. The Hall–Kier alpha value is -3.05. The van der Waals surface area contributed by atoms with E-state index in [0.717, 1.165) is 23.9 Å². The first-order valence-corrected chi connectivity index (χ1v) is 11.0. The molecule has 0 radical (unpaired) electrons. The van der Waals surface area contributed by atoms with Gasteiger partial charge in [-0.2, -0.15) is 13.2 Å². The Bertz CT molecular complexity index is 1170. The van der Waals surface area contributed by atoms with Gasteiger partial charge in [0, 0.05) is 11.6 Å². The van der Waals surface area contributed by atoms with Crippen LogP contribution in [0, 0.1) is 0 Å². The molecule has 7 nitrogen and oxygen atoms in total. The summed E-state index contributed by atoms with van der Waals surface area (Å²) in [7, 11) is 0. The highest BCUT2D eigenvalue weighted by Crippen LogP contribution is 2.34. The molecule has 1 aromatic heterocycles. The second-order valence-electron chi connectivity index (χ2n) is 7.13. The highest BCUT2D eigenvalue weighted by atomic mass is 35.5. The summed E-state index contributed by atoms with van der Waals surface area (Å²) < 4.78 is 41.3. The molecule has 0 atom stereocenters. The maximum absolute atomic E-state index is 13.3. The molecule has 3 aromatic rings. The number of urea groups is 1. The van der Waals surface area contributed by atoms with Crippen molar-refractivity contribution in [1.82, 2.24) is 25.4 Å². The summed E-state index contributed by atoms with van der Waals surface area (Å²) in [4.78, 5) is 23.9. The lowest BCUT2D eigenvalue weighted by Gasteiger charge is -2.14. The van der Waals surface area contributed by atoms with Gasteiger partial charge in [-0.1, -0.05) is 41.6 Å². The minimum Gasteiger partial charge on any atom is -0.336 e. The lowest BCUT2D eigenvalue weighted by molar-refractivity contribution is -0.137. The first-order valence-electron chi connectivity index (χ1n) is 9.67. The van der Waals surface area contributed by atoms with Crippen LogP contribution in [0.4, 0.5) is 18.0 Å². The van der Waals surface area contributed by atoms with E-state index in [1.807, 2.05) is 0 Å². The zero-order valence-corrected chi connectivity index (χ0v) is 19.1. The molecule has 12 heteroatoms. The topological polar surface area (TPSA) is 88.9 Å². The molecule has 0 saturated carbocycles. The van der Waals surface area contributed by atoms with Crippen molar-refractivity contribution in [2.75, 3.05) is 5.75 Å². The largest absolute Gasteiger partial charge is 0.416 e. The van der Waals surface area contributed by atoms with Crippen molar-refractivity contribution >= 4 is 35.3 Å². The number of hydrogen-bond acceptors (Lipinski definition) is 5. The molecule has 3 amide bonds. The number of nitrogens with zero attached hydrogens (tertiary/aromatic N) is 3. The Labute approximate surface area is 196 Å². The number of benzene rings is 2. The normalized spacial score (nSPS) is 11.5. The number of nitrogens with one attached hydrogen (secondary N) is 2. The maximum Gasteiger partial charge on any atom is 0.416 e. The minimum atomic E-state index is -4.55. The number of alkyl halides is 3. The number of imide groups is 1. The van der Waals surface area contributed by atoms with Gasteiger partial charge in [0.15, 0.2) is 11.0 Å². The fourth-order valence-corrected chi connectivity index (χ4v) is 3.80. The van der Waals surface area contributed by atoms with Crippen molar-refractivity contribution in [2.24, 2.45) is 0 Å². The van der Waals surface area contributed by atoms with E-state index >= 15 is 0 Å². The lowest BCUT2D eigenvalue weighted by atomic mass is 10.1. The Balaban J connectivity index is 1.96. The molecule has 0 fully saturated rings. The molecule has 0 bridgehead atoms. The van der Waals surface area contributed by atoms with E-state index in [-0.39, 0.29) is 28.5 Å². The van der Waals surface area contributed by atoms with Crippen molar-refractivity contribution in [3.8, 4) is 17.1 Å². The molecule has 0 spiro atoms. The van der Waals surface area contributed by atoms with Crippen molar-refractivity contribution in [3.63, 3.8) is 0 Å². The van der Waals surface area contributed by atoms with Gasteiger partial charge in [0.05, 0.1) is 22.0 Å². The lowest BCUT2D eigenvalue weighted by Crippen LogP contribution is -2.43. The van der Waals surface area contributed by atoms with Gasteiger partial charge in [0.1, 0.15) is 0 Å². The molecular formula is C21H19ClF3N5O2S. The Morgan fingerprint density at radius 3 is 2.52 bits per heavy atom. The molecule has 0 aliphatic carbocycles. The molecule has 3 rings (SSSR count). The van der Waals surface area contributed by atoms with Gasteiger partial charge in [-0.05, 0) is 44.2 Å². The summed E-state index contributed by atoms with van der Waals surface area (Å²) in [6, 6.07) is 10.5. The molecule has 0 aliphatic heterocycles. The van der Waals surface area contributed by atoms with Gasteiger partial charge in [-0.3, -0.25) is 14.7 Å². The monoisotopic (exact) mass is 497 g/mol. The molecule has 0 saturated heterocycles. The summed E-state index contributed by atoms with van der Waals surface area (Å²) in [5.41, 5.74) is -0.250. The quantitative estimate of drug-likeness (QED) is 0.471. The van der Waals surface area contributed by atoms with Crippen LogP contribution in [0.1, 0.15) is 19.4 Å². The van der Waals surface area contributed by atoms with Crippen LogP contribution in [0.3, 0.4) is 0 Å². The zero-order chi connectivity index (χ0) is 24.2. The first kappa shape index (κ1) is 24.6. The van der Waals surface area contributed by atoms with Crippen LogP contribution in [-0.4, -0.2) is 38.5 Å². The number of carbonyl (C=O) groups is 2. The predicted molar refractivity (Wildman–Crippen MR) is 119 cm³/mol. The van der Waals surface area contributed by atoms with Crippen LogP contribution >= 0.6 is 23.4 Å². The van der Waals surface area contributed by atoms with Crippen LogP contribution in [0.25, 0.3) is 17.1 Å². The molecule has 0 aliphatic rings. The third-order valence-electron chi connectivity index (χ3n) is 4.18. The molecule has 2 N–H and O–H groups in total. The molecule has 174 valence electrons. The summed E-state index contributed by atoms with van der Waals surface area (Å²) in [6.45, 7) is 3.49. The van der Waals surface area contributed by atoms with Gasteiger partial charge in [0.2, 0.25) is 5.91 Å². The number of hydrogen-bond donors (Lipinski definition) is 2. The Kier molecular flexibility index (Phi) is 7.65. The van der Waals surface area contributed by atoms with Crippen LogP contribution in [0.2, 0.25) is 5.02 Å². The number of amides is 3. The number of thioether (sulfide) groups is 1. The molecular weight excluding hydrogens is 479 g/mol. The van der Waals surface area contributed by atoms with E-state index in [1.165, 1.54) is 16.7 Å². The van der Waals surface area contributed by atoms with E-state index < -0.39 is 23.7 Å². The Morgan fingerprint density at radius 1 is 1.12 bits per heavy atom. The van der Waals surface area contributed by atoms with Crippen molar-refractivity contribution in [2.45, 2.75) is 31.2 Å². The summed E-state index contributed by atoms with van der Waals surface area (Å²) in [5.74, 6) is -0.609. The molecule has 33 heavy (non-hydrogen) atoms. The van der Waals surface area contributed by atoms with Gasteiger partial charge < -0.3 is 5.32 Å². The second-order valence-corrected chi connectivity index (χ2v) is 8.48. The Morgan fingerprint density at radius 2 is 1.85 bits per heavy atom. The summed E-state index contributed by atoms with van der Waals surface area (Å²) in [6.07, 6.45) is -4.55. The van der Waals surface area contributed by atoms with Gasteiger partial charge in [-0.15, -0.1) is 10.2 Å². The number of aromatic nitrogens is 3.